The van der Waals surface area contributed by atoms with Crippen molar-refractivity contribution in [1.82, 2.24) is 19.9 Å². The van der Waals surface area contributed by atoms with Crippen LogP contribution < -0.4 is 4.90 Å². The zero-order valence-electron chi connectivity index (χ0n) is 13.7. The number of hydrogen-bond donors (Lipinski definition) is 1. The molecule has 0 saturated carbocycles. The first kappa shape index (κ1) is 16.3. The van der Waals surface area contributed by atoms with Crippen LogP contribution in [0, 0.1) is 0 Å². The number of hydrogen-bond acceptors (Lipinski definition) is 6. The number of carbonyl (C=O) groups is 1. The van der Waals surface area contributed by atoms with Crippen molar-refractivity contribution >= 4 is 11.8 Å². The normalized spacial score (nSPS) is 15.5. The molecular weight excluding hydrogens is 306 g/mol. The zero-order valence-corrected chi connectivity index (χ0v) is 13.7. The Morgan fingerprint density at radius 3 is 2.58 bits per heavy atom. The fourth-order valence-corrected chi connectivity index (χ4v) is 2.78. The predicted molar refractivity (Wildman–Crippen MR) is 90.9 cm³/mol. The molecule has 7 heteroatoms. The number of aromatic nitrogens is 3. The molecular formula is C17H21N5O2. The number of carboxylic acid groups (broad SMARTS) is 1. The lowest BCUT2D eigenvalue weighted by atomic mass is 10.2. The van der Waals surface area contributed by atoms with E-state index < -0.39 is 5.97 Å². The molecule has 24 heavy (non-hydrogen) atoms. The van der Waals surface area contributed by atoms with Crippen molar-refractivity contribution < 1.29 is 9.90 Å². The Kier molecular flexibility index (Phi) is 5.00. The summed E-state index contributed by atoms with van der Waals surface area (Å²) < 4.78 is 0. The van der Waals surface area contributed by atoms with Gasteiger partial charge in [-0.1, -0.05) is 13.0 Å². The highest BCUT2D eigenvalue weighted by Crippen LogP contribution is 2.21. The Morgan fingerprint density at radius 2 is 1.96 bits per heavy atom. The van der Waals surface area contributed by atoms with Crippen LogP contribution in [0.15, 0.2) is 30.5 Å². The molecule has 1 saturated heterocycles. The van der Waals surface area contributed by atoms with Gasteiger partial charge in [0.2, 0.25) is 0 Å². The monoisotopic (exact) mass is 327 g/mol. The molecule has 0 spiro atoms. The maximum atomic E-state index is 10.8. The van der Waals surface area contributed by atoms with E-state index in [0.717, 1.165) is 55.6 Å². The van der Waals surface area contributed by atoms with Gasteiger partial charge in [0.25, 0.3) is 0 Å². The summed E-state index contributed by atoms with van der Waals surface area (Å²) in [4.78, 5) is 28.5. The molecule has 2 aromatic heterocycles. The van der Waals surface area contributed by atoms with Crippen molar-refractivity contribution in [1.29, 1.82) is 0 Å². The van der Waals surface area contributed by atoms with Gasteiger partial charge >= 0.3 is 5.97 Å². The minimum Gasteiger partial charge on any atom is -0.480 e. The van der Waals surface area contributed by atoms with Gasteiger partial charge in [0.15, 0.2) is 0 Å². The Labute approximate surface area is 141 Å². The number of carboxylic acids is 1. The van der Waals surface area contributed by atoms with Crippen molar-refractivity contribution in [3.8, 4) is 11.4 Å². The quantitative estimate of drug-likeness (QED) is 0.886. The molecule has 3 rings (SSSR count). The maximum Gasteiger partial charge on any atom is 0.317 e. The van der Waals surface area contributed by atoms with Crippen molar-refractivity contribution in [2.75, 3.05) is 37.6 Å². The fraction of sp³-hybridized carbons (Fsp3) is 0.412. The van der Waals surface area contributed by atoms with Gasteiger partial charge in [-0.05, 0) is 12.1 Å². The minimum atomic E-state index is -0.781. The SMILES string of the molecule is CCc1nc(-c2ccccn2)cc(N2CCN(CC(=O)O)CC2)n1. The molecule has 0 amide bonds. The molecule has 3 heterocycles. The van der Waals surface area contributed by atoms with Gasteiger partial charge in [-0.25, -0.2) is 9.97 Å². The molecule has 0 aliphatic carbocycles. The second-order valence-electron chi connectivity index (χ2n) is 5.75. The lowest BCUT2D eigenvalue weighted by molar-refractivity contribution is -0.138. The molecule has 1 aliphatic rings. The van der Waals surface area contributed by atoms with Gasteiger partial charge in [0.1, 0.15) is 11.6 Å². The van der Waals surface area contributed by atoms with E-state index in [-0.39, 0.29) is 6.54 Å². The molecule has 126 valence electrons. The average Bonchev–Trinajstić information content (AvgIpc) is 2.62. The van der Waals surface area contributed by atoms with E-state index in [0.29, 0.717) is 0 Å². The van der Waals surface area contributed by atoms with E-state index in [1.165, 1.54) is 0 Å². The van der Waals surface area contributed by atoms with Gasteiger partial charge in [-0.15, -0.1) is 0 Å². The molecule has 0 unspecified atom stereocenters. The summed E-state index contributed by atoms with van der Waals surface area (Å²) in [5.74, 6) is 0.898. The second-order valence-corrected chi connectivity index (χ2v) is 5.75. The molecule has 7 nitrogen and oxygen atoms in total. The maximum absolute atomic E-state index is 10.8. The topological polar surface area (TPSA) is 82.5 Å². The zero-order chi connectivity index (χ0) is 16.9. The van der Waals surface area contributed by atoms with E-state index in [1.807, 2.05) is 36.1 Å². The van der Waals surface area contributed by atoms with Crippen LogP contribution in [-0.2, 0) is 11.2 Å². The minimum absolute atomic E-state index is 0.0943. The highest BCUT2D eigenvalue weighted by molar-refractivity contribution is 5.69. The molecule has 0 aromatic carbocycles. The summed E-state index contributed by atoms with van der Waals surface area (Å²) in [5, 5.41) is 8.90. The van der Waals surface area contributed by atoms with E-state index in [4.69, 9.17) is 5.11 Å². The number of anilines is 1. The van der Waals surface area contributed by atoms with Crippen LogP contribution in [0.4, 0.5) is 5.82 Å². The Bertz CT molecular complexity index is 699. The van der Waals surface area contributed by atoms with Crippen LogP contribution in [-0.4, -0.2) is 63.7 Å². The van der Waals surface area contributed by atoms with Crippen LogP contribution in [0.5, 0.6) is 0 Å². The summed E-state index contributed by atoms with van der Waals surface area (Å²) in [7, 11) is 0. The summed E-state index contributed by atoms with van der Waals surface area (Å²) in [6, 6.07) is 7.74. The van der Waals surface area contributed by atoms with Crippen molar-refractivity contribution in [3.63, 3.8) is 0 Å². The van der Waals surface area contributed by atoms with Crippen LogP contribution in [0.3, 0.4) is 0 Å². The molecule has 2 aromatic rings. The van der Waals surface area contributed by atoms with Gasteiger partial charge < -0.3 is 10.0 Å². The van der Waals surface area contributed by atoms with Crippen molar-refractivity contribution in [2.24, 2.45) is 0 Å². The lowest BCUT2D eigenvalue weighted by Crippen LogP contribution is -2.48. The standard InChI is InChI=1S/C17H21N5O2/c1-2-15-19-14(13-5-3-4-6-18-13)11-16(20-15)22-9-7-21(8-10-22)12-17(23)24/h3-6,11H,2,7-10,12H2,1H3,(H,23,24). The molecule has 0 bridgehead atoms. The number of piperazine rings is 1. The van der Waals surface area contributed by atoms with Gasteiger partial charge in [0.05, 0.1) is 17.9 Å². The van der Waals surface area contributed by atoms with Gasteiger partial charge in [0, 0.05) is 44.9 Å². The highest BCUT2D eigenvalue weighted by Gasteiger charge is 2.20. The number of nitrogens with zero attached hydrogens (tertiary/aromatic N) is 5. The molecule has 1 N–H and O–H groups in total. The number of aliphatic carboxylic acids is 1. The largest absolute Gasteiger partial charge is 0.480 e. The Hall–Kier alpha value is -2.54. The fourth-order valence-electron chi connectivity index (χ4n) is 2.78. The highest BCUT2D eigenvalue weighted by atomic mass is 16.4. The van der Waals surface area contributed by atoms with E-state index >= 15 is 0 Å². The average molecular weight is 327 g/mol. The third kappa shape index (κ3) is 3.86. The summed E-state index contributed by atoms with van der Waals surface area (Å²) in [6.45, 7) is 5.08. The lowest BCUT2D eigenvalue weighted by Gasteiger charge is -2.34. The van der Waals surface area contributed by atoms with Gasteiger partial charge in [-0.3, -0.25) is 14.7 Å². The molecule has 1 fully saturated rings. The van der Waals surface area contributed by atoms with E-state index in [9.17, 15) is 4.79 Å². The third-order valence-electron chi connectivity index (χ3n) is 4.06. The first-order valence-corrected chi connectivity index (χ1v) is 8.14. The Balaban J connectivity index is 1.80. The van der Waals surface area contributed by atoms with E-state index in [2.05, 4.69) is 19.9 Å². The smallest absolute Gasteiger partial charge is 0.317 e. The summed E-state index contributed by atoms with van der Waals surface area (Å²) in [5.41, 5.74) is 1.66. The summed E-state index contributed by atoms with van der Waals surface area (Å²) in [6.07, 6.45) is 2.51. The van der Waals surface area contributed by atoms with Crippen LogP contribution >= 0.6 is 0 Å². The van der Waals surface area contributed by atoms with Gasteiger partial charge in [-0.2, -0.15) is 0 Å². The summed E-state index contributed by atoms with van der Waals surface area (Å²) >= 11 is 0. The first-order valence-electron chi connectivity index (χ1n) is 8.14. The van der Waals surface area contributed by atoms with Crippen LogP contribution in [0.25, 0.3) is 11.4 Å². The molecule has 0 radical (unpaired) electrons. The molecule has 1 aliphatic heterocycles. The number of rotatable bonds is 5. The Morgan fingerprint density at radius 1 is 1.17 bits per heavy atom. The molecule has 0 atom stereocenters. The third-order valence-corrected chi connectivity index (χ3v) is 4.06. The first-order chi connectivity index (χ1) is 11.7. The second kappa shape index (κ2) is 7.35. The number of pyridine rings is 1. The van der Waals surface area contributed by atoms with Crippen LogP contribution in [0.2, 0.25) is 0 Å². The van der Waals surface area contributed by atoms with E-state index in [1.54, 1.807) is 6.20 Å². The van der Waals surface area contributed by atoms with Crippen molar-refractivity contribution in [3.05, 3.63) is 36.3 Å². The predicted octanol–water partition coefficient (Wildman–Crippen LogP) is 1.31. The van der Waals surface area contributed by atoms with Crippen molar-refractivity contribution in [2.45, 2.75) is 13.3 Å². The number of aryl methyl sites for hydroxylation is 1. The van der Waals surface area contributed by atoms with Crippen LogP contribution in [0.1, 0.15) is 12.7 Å².